The van der Waals surface area contributed by atoms with Gasteiger partial charge in [0.2, 0.25) is 0 Å². The molecule has 0 amide bonds. The second kappa shape index (κ2) is 6.73. The molecule has 1 aliphatic carbocycles. The van der Waals surface area contributed by atoms with Gasteiger partial charge in [-0.3, -0.25) is 0 Å². The van der Waals surface area contributed by atoms with E-state index in [1.807, 2.05) is 11.8 Å². The Morgan fingerprint density at radius 2 is 1.93 bits per heavy atom. The van der Waals surface area contributed by atoms with Gasteiger partial charge in [0.1, 0.15) is 0 Å². The van der Waals surface area contributed by atoms with E-state index in [9.17, 15) is 0 Å². The summed E-state index contributed by atoms with van der Waals surface area (Å²) in [7, 11) is 0. The van der Waals surface area contributed by atoms with Crippen LogP contribution in [0.1, 0.15) is 39.5 Å². The number of thioether (sulfide) groups is 1. The van der Waals surface area contributed by atoms with E-state index >= 15 is 0 Å². The fourth-order valence-corrected chi connectivity index (χ4v) is 2.86. The SMILES string of the molecule is CSCC(C)CNC1CCC(C)CC1. The van der Waals surface area contributed by atoms with Crippen LogP contribution in [0.25, 0.3) is 0 Å². The van der Waals surface area contributed by atoms with Gasteiger partial charge in [0.05, 0.1) is 0 Å². The van der Waals surface area contributed by atoms with Gasteiger partial charge in [-0.2, -0.15) is 11.8 Å². The van der Waals surface area contributed by atoms with E-state index in [1.165, 1.54) is 38.0 Å². The molecule has 1 rings (SSSR count). The van der Waals surface area contributed by atoms with Crippen LogP contribution in [-0.2, 0) is 0 Å². The largest absolute Gasteiger partial charge is 0.314 e. The van der Waals surface area contributed by atoms with Gasteiger partial charge in [0.25, 0.3) is 0 Å². The number of nitrogens with one attached hydrogen (secondary N) is 1. The molecule has 1 fully saturated rings. The van der Waals surface area contributed by atoms with Crippen molar-refractivity contribution >= 4 is 11.8 Å². The summed E-state index contributed by atoms with van der Waals surface area (Å²) < 4.78 is 0. The maximum absolute atomic E-state index is 3.71. The van der Waals surface area contributed by atoms with Gasteiger partial charge in [0.15, 0.2) is 0 Å². The second-order valence-corrected chi connectivity index (χ2v) is 5.84. The molecule has 1 atom stereocenters. The van der Waals surface area contributed by atoms with Crippen molar-refractivity contribution in [3.63, 3.8) is 0 Å². The summed E-state index contributed by atoms with van der Waals surface area (Å²) in [5, 5.41) is 3.71. The van der Waals surface area contributed by atoms with Crippen molar-refractivity contribution in [3.05, 3.63) is 0 Å². The summed E-state index contributed by atoms with van der Waals surface area (Å²) in [4.78, 5) is 0. The molecular formula is C12H25NS. The predicted molar refractivity (Wildman–Crippen MR) is 67.0 cm³/mol. The van der Waals surface area contributed by atoms with Gasteiger partial charge in [-0.25, -0.2) is 0 Å². The fourth-order valence-electron chi connectivity index (χ4n) is 2.18. The highest BCUT2D eigenvalue weighted by molar-refractivity contribution is 7.98. The lowest BCUT2D eigenvalue weighted by atomic mass is 9.87. The molecule has 0 aromatic carbocycles. The molecule has 2 heteroatoms. The van der Waals surface area contributed by atoms with Gasteiger partial charge < -0.3 is 5.32 Å². The van der Waals surface area contributed by atoms with Crippen molar-refractivity contribution in [2.45, 2.75) is 45.6 Å². The maximum Gasteiger partial charge on any atom is 0.00673 e. The fraction of sp³-hybridized carbons (Fsp3) is 1.00. The van der Waals surface area contributed by atoms with Crippen molar-refractivity contribution in [1.82, 2.24) is 5.32 Å². The summed E-state index contributed by atoms with van der Waals surface area (Å²) in [6, 6.07) is 0.815. The maximum atomic E-state index is 3.71. The first-order valence-electron chi connectivity index (χ1n) is 5.94. The van der Waals surface area contributed by atoms with E-state index in [4.69, 9.17) is 0 Å². The molecule has 84 valence electrons. The number of hydrogen-bond acceptors (Lipinski definition) is 2. The van der Waals surface area contributed by atoms with E-state index in [2.05, 4.69) is 25.4 Å². The van der Waals surface area contributed by atoms with Crippen LogP contribution in [0.4, 0.5) is 0 Å². The molecule has 0 radical (unpaired) electrons. The minimum atomic E-state index is 0.815. The predicted octanol–water partition coefficient (Wildman–Crippen LogP) is 3.15. The molecule has 0 saturated heterocycles. The normalized spacial score (nSPS) is 30.2. The molecule has 0 heterocycles. The Morgan fingerprint density at radius 1 is 1.29 bits per heavy atom. The van der Waals surface area contributed by atoms with Crippen LogP contribution in [0.3, 0.4) is 0 Å². The zero-order chi connectivity index (χ0) is 10.4. The van der Waals surface area contributed by atoms with Gasteiger partial charge in [-0.15, -0.1) is 0 Å². The van der Waals surface area contributed by atoms with Gasteiger partial charge >= 0.3 is 0 Å². The summed E-state index contributed by atoms with van der Waals surface area (Å²) in [5.74, 6) is 3.08. The summed E-state index contributed by atoms with van der Waals surface area (Å²) in [6.45, 7) is 5.93. The van der Waals surface area contributed by atoms with E-state index in [0.29, 0.717) is 0 Å². The Bertz CT molecular complexity index is 141. The van der Waals surface area contributed by atoms with Gasteiger partial charge in [-0.1, -0.05) is 13.8 Å². The van der Waals surface area contributed by atoms with Crippen molar-refractivity contribution in [2.24, 2.45) is 11.8 Å². The Balaban J connectivity index is 2.06. The number of hydrogen-bond donors (Lipinski definition) is 1. The van der Waals surface area contributed by atoms with E-state index in [0.717, 1.165) is 17.9 Å². The summed E-state index contributed by atoms with van der Waals surface area (Å²) >= 11 is 1.96. The van der Waals surface area contributed by atoms with E-state index in [-0.39, 0.29) is 0 Å². The third-order valence-electron chi connectivity index (χ3n) is 3.22. The lowest BCUT2D eigenvalue weighted by Gasteiger charge is -2.28. The first-order chi connectivity index (χ1) is 6.72. The van der Waals surface area contributed by atoms with Gasteiger partial charge in [0, 0.05) is 6.04 Å². The summed E-state index contributed by atoms with van der Waals surface area (Å²) in [5.41, 5.74) is 0. The van der Waals surface area contributed by atoms with Crippen molar-refractivity contribution in [2.75, 3.05) is 18.6 Å². The van der Waals surface area contributed by atoms with Crippen molar-refractivity contribution in [1.29, 1.82) is 0 Å². The molecule has 1 saturated carbocycles. The molecule has 14 heavy (non-hydrogen) atoms. The Hall–Kier alpha value is 0.310. The molecule has 0 spiro atoms. The van der Waals surface area contributed by atoms with Crippen LogP contribution >= 0.6 is 11.8 Å². The lowest BCUT2D eigenvalue weighted by molar-refractivity contribution is 0.300. The lowest BCUT2D eigenvalue weighted by Crippen LogP contribution is -2.36. The number of rotatable bonds is 5. The standard InChI is InChI=1S/C12H25NS/c1-10-4-6-12(7-5-10)13-8-11(2)9-14-3/h10-13H,4-9H2,1-3H3. The van der Waals surface area contributed by atoms with Crippen LogP contribution in [0.5, 0.6) is 0 Å². The van der Waals surface area contributed by atoms with E-state index < -0.39 is 0 Å². The monoisotopic (exact) mass is 215 g/mol. The molecule has 0 aliphatic heterocycles. The quantitative estimate of drug-likeness (QED) is 0.756. The van der Waals surface area contributed by atoms with Crippen LogP contribution in [0.2, 0.25) is 0 Å². The Morgan fingerprint density at radius 3 is 2.50 bits per heavy atom. The highest BCUT2D eigenvalue weighted by Crippen LogP contribution is 2.23. The first kappa shape index (κ1) is 12.4. The highest BCUT2D eigenvalue weighted by Gasteiger charge is 2.17. The Labute approximate surface area is 93.4 Å². The minimum absolute atomic E-state index is 0.815. The van der Waals surface area contributed by atoms with Crippen molar-refractivity contribution < 1.29 is 0 Å². The molecular weight excluding hydrogens is 190 g/mol. The third-order valence-corrected chi connectivity index (χ3v) is 4.12. The van der Waals surface area contributed by atoms with Crippen LogP contribution in [0.15, 0.2) is 0 Å². The molecule has 0 aromatic heterocycles. The van der Waals surface area contributed by atoms with Crippen molar-refractivity contribution in [3.8, 4) is 0 Å². The summed E-state index contributed by atoms with van der Waals surface area (Å²) in [6.07, 6.45) is 7.84. The Kier molecular flexibility index (Phi) is 5.95. The molecule has 1 aliphatic rings. The average molecular weight is 215 g/mol. The molecule has 1 N–H and O–H groups in total. The van der Waals surface area contributed by atoms with Crippen LogP contribution in [0, 0.1) is 11.8 Å². The highest BCUT2D eigenvalue weighted by atomic mass is 32.2. The first-order valence-corrected chi connectivity index (χ1v) is 7.34. The molecule has 1 nitrogen and oxygen atoms in total. The molecule has 1 unspecified atom stereocenters. The van der Waals surface area contributed by atoms with Crippen LogP contribution in [-0.4, -0.2) is 24.6 Å². The zero-order valence-corrected chi connectivity index (χ0v) is 10.7. The average Bonchev–Trinajstić information content (AvgIpc) is 2.17. The third kappa shape index (κ3) is 4.70. The topological polar surface area (TPSA) is 12.0 Å². The second-order valence-electron chi connectivity index (χ2n) is 4.93. The molecule has 0 bridgehead atoms. The van der Waals surface area contributed by atoms with Crippen LogP contribution < -0.4 is 5.32 Å². The minimum Gasteiger partial charge on any atom is -0.314 e. The molecule has 0 aromatic rings. The van der Waals surface area contributed by atoms with E-state index in [1.54, 1.807) is 0 Å². The van der Waals surface area contributed by atoms with Gasteiger partial charge in [-0.05, 0) is 56.1 Å². The zero-order valence-electron chi connectivity index (χ0n) is 9.88. The smallest absolute Gasteiger partial charge is 0.00673 e.